The fourth-order valence-electron chi connectivity index (χ4n) is 4.12. The number of esters is 1. The second kappa shape index (κ2) is 13.5. The lowest BCUT2D eigenvalue weighted by Crippen LogP contribution is -2.40. The Morgan fingerprint density at radius 3 is 2.30 bits per heavy atom. The van der Waals surface area contributed by atoms with Crippen molar-refractivity contribution in [3.05, 3.63) is 90.1 Å². The zero-order valence-corrected chi connectivity index (χ0v) is 26.3. The van der Waals surface area contributed by atoms with Crippen molar-refractivity contribution < 1.29 is 27.5 Å². The Bertz CT molecular complexity index is 1680. The molecule has 0 aliphatic rings. The van der Waals surface area contributed by atoms with E-state index in [2.05, 4.69) is 15.0 Å². The number of nitrogens with zero attached hydrogens (tertiary/aromatic N) is 1. The van der Waals surface area contributed by atoms with Crippen molar-refractivity contribution in [3.63, 3.8) is 0 Å². The van der Waals surface area contributed by atoms with Crippen molar-refractivity contribution in [2.45, 2.75) is 64.2 Å². The Kier molecular flexibility index (Phi) is 10.0. The third-order valence-electron chi connectivity index (χ3n) is 5.86. The van der Waals surface area contributed by atoms with Gasteiger partial charge in [0.15, 0.2) is 0 Å². The summed E-state index contributed by atoms with van der Waals surface area (Å²) in [5.74, 6) is -0.422. The molecule has 226 valence electrons. The average Bonchev–Trinajstić information content (AvgIpc) is 3.41. The van der Waals surface area contributed by atoms with E-state index in [9.17, 15) is 18.0 Å². The number of thiazole rings is 1. The van der Waals surface area contributed by atoms with Crippen LogP contribution in [-0.2, 0) is 37.3 Å². The molecule has 4 rings (SSSR count). The highest BCUT2D eigenvalue weighted by Crippen LogP contribution is 2.37. The Hall–Kier alpha value is -4.06. The number of aromatic nitrogens is 1. The third-order valence-corrected chi connectivity index (χ3v) is 8.75. The number of nitrogens with one attached hydrogen (secondary N) is 2. The van der Waals surface area contributed by atoms with Gasteiger partial charge in [0, 0.05) is 28.6 Å². The highest BCUT2D eigenvalue weighted by molar-refractivity contribution is 7.89. The van der Waals surface area contributed by atoms with Crippen LogP contribution in [0, 0.1) is 0 Å². The zero-order chi connectivity index (χ0) is 31.2. The van der Waals surface area contributed by atoms with Gasteiger partial charge < -0.3 is 9.47 Å². The third kappa shape index (κ3) is 9.21. The summed E-state index contributed by atoms with van der Waals surface area (Å²) in [4.78, 5) is 29.8. The van der Waals surface area contributed by atoms with Crippen LogP contribution < -0.4 is 10.0 Å². The number of ether oxygens (including phenoxy) is 2. The minimum absolute atomic E-state index is 0.0216. The first-order valence-corrected chi connectivity index (χ1v) is 16.0. The monoisotopic (exact) mass is 621 g/mol. The van der Waals surface area contributed by atoms with Crippen molar-refractivity contribution in [1.82, 2.24) is 9.71 Å². The second-order valence-corrected chi connectivity index (χ2v) is 13.9. The quantitative estimate of drug-likeness (QED) is 0.187. The zero-order valence-electron chi connectivity index (χ0n) is 24.7. The van der Waals surface area contributed by atoms with E-state index in [1.807, 2.05) is 42.5 Å². The van der Waals surface area contributed by atoms with Gasteiger partial charge in [-0.05, 0) is 82.1 Å². The molecule has 0 aliphatic heterocycles. The Labute approximate surface area is 256 Å². The lowest BCUT2D eigenvalue weighted by atomic mass is 10.1. The van der Waals surface area contributed by atoms with Crippen LogP contribution in [0.4, 0.5) is 10.5 Å². The smallest absolute Gasteiger partial charge is 0.411 e. The molecule has 0 saturated heterocycles. The lowest BCUT2D eigenvalue weighted by molar-refractivity contribution is -0.144. The predicted octanol–water partition coefficient (Wildman–Crippen LogP) is 6.80. The van der Waals surface area contributed by atoms with Crippen molar-refractivity contribution in [2.24, 2.45) is 0 Å². The fourth-order valence-corrected chi connectivity index (χ4v) is 6.76. The van der Waals surface area contributed by atoms with Crippen LogP contribution >= 0.6 is 11.3 Å². The molecule has 0 fully saturated rings. The summed E-state index contributed by atoms with van der Waals surface area (Å²) in [6, 6.07) is 21.3. The molecule has 0 saturated carbocycles. The molecule has 2 N–H and O–H groups in total. The summed E-state index contributed by atoms with van der Waals surface area (Å²) >= 11 is 1.32. The van der Waals surface area contributed by atoms with Gasteiger partial charge in [0.2, 0.25) is 10.0 Å². The summed E-state index contributed by atoms with van der Waals surface area (Å²) in [6.45, 7) is 9.01. The number of amides is 1. The van der Waals surface area contributed by atoms with Crippen molar-refractivity contribution in [1.29, 1.82) is 0 Å². The molecular weight excluding hydrogens is 587 g/mol. The van der Waals surface area contributed by atoms with Gasteiger partial charge in [-0.25, -0.2) is 22.9 Å². The van der Waals surface area contributed by atoms with Crippen LogP contribution in [0.15, 0.2) is 83.9 Å². The SMILES string of the molecule is CC(C)OC(=O)Nc1ccc(-c2ncc(-c3cc(CC(=O)OCc4ccccc4)ccc3S(=O)(=O)NC(C)(C)C)s2)cc1. The molecule has 9 nitrogen and oxygen atoms in total. The molecule has 43 heavy (non-hydrogen) atoms. The van der Waals surface area contributed by atoms with Gasteiger partial charge in [0.1, 0.15) is 11.6 Å². The van der Waals surface area contributed by atoms with Crippen LogP contribution in [-0.4, -0.2) is 37.1 Å². The molecule has 4 aromatic rings. The lowest BCUT2D eigenvalue weighted by Gasteiger charge is -2.21. The summed E-state index contributed by atoms with van der Waals surface area (Å²) < 4.78 is 40.2. The van der Waals surface area contributed by atoms with Gasteiger partial charge in [-0.2, -0.15) is 0 Å². The second-order valence-electron chi connectivity index (χ2n) is 11.2. The van der Waals surface area contributed by atoms with Gasteiger partial charge in [-0.15, -0.1) is 11.3 Å². The van der Waals surface area contributed by atoms with E-state index in [-0.39, 0.29) is 24.0 Å². The Morgan fingerprint density at radius 2 is 1.65 bits per heavy atom. The van der Waals surface area contributed by atoms with E-state index in [1.165, 1.54) is 17.4 Å². The van der Waals surface area contributed by atoms with Gasteiger partial charge in [0.25, 0.3) is 0 Å². The molecule has 1 aromatic heterocycles. The van der Waals surface area contributed by atoms with Crippen LogP contribution in [0.1, 0.15) is 45.7 Å². The normalized spacial score (nSPS) is 11.8. The minimum Gasteiger partial charge on any atom is -0.461 e. The van der Waals surface area contributed by atoms with Crippen LogP contribution in [0.3, 0.4) is 0 Å². The summed E-state index contributed by atoms with van der Waals surface area (Å²) in [6.07, 6.45) is 0.820. The number of rotatable bonds is 10. The summed E-state index contributed by atoms with van der Waals surface area (Å²) in [5.41, 5.74) is 2.58. The molecular formula is C32H35N3O6S2. The van der Waals surface area contributed by atoms with E-state index in [0.717, 1.165) is 11.1 Å². The summed E-state index contributed by atoms with van der Waals surface area (Å²) in [7, 11) is -3.91. The maximum absolute atomic E-state index is 13.4. The van der Waals surface area contributed by atoms with E-state index in [0.29, 0.717) is 26.7 Å². The van der Waals surface area contributed by atoms with E-state index in [1.54, 1.807) is 65.1 Å². The van der Waals surface area contributed by atoms with Gasteiger partial charge in [-0.1, -0.05) is 36.4 Å². The first-order valence-electron chi connectivity index (χ1n) is 13.7. The molecule has 0 aliphatic carbocycles. The number of hydrogen-bond acceptors (Lipinski definition) is 8. The number of anilines is 1. The first kappa shape index (κ1) is 31.9. The van der Waals surface area contributed by atoms with Crippen molar-refractivity contribution in [2.75, 3.05) is 5.32 Å². The first-order chi connectivity index (χ1) is 20.3. The highest BCUT2D eigenvalue weighted by Gasteiger charge is 2.26. The fraction of sp³-hybridized carbons (Fsp3) is 0.281. The highest BCUT2D eigenvalue weighted by atomic mass is 32.2. The molecule has 1 heterocycles. The molecule has 0 unspecified atom stereocenters. The molecule has 0 bridgehead atoms. The average molecular weight is 622 g/mol. The van der Waals surface area contributed by atoms with Gasteiger partial charge in [0.05, 0.1) is 22.3 Å². The van der Waals surface area contributed by atoms with Crippen LogP contribution in [0.25, 0.3) is 21.0 Å². The van der Waals surface area contributed by atoms with Gasteiger partial charge >= 0.3 is 12.1 Å². The number of carbonyl (C=O) groups excluding carboxylic acids is 2. The number of benzene rings is 3. The largest absolute Gasteiger partial charge is 0.461 e. The molecule has 0 atom stereocenters. The maximum Gasteiger partial charge on any atom is 0.411 e. The molecule has 1 amide bonds. The van der Waals surface area contributed by atoms with Gasteiger partial charge in [-0.3, -0.25) is 10.1 Å². The number of carbonyl (C=O) groups is 2. The number of sulfonamides is 1. The number of hydrogen-bond donors (Lipinski definition) is 2. The van der Waals surface area contributed by atoms with E-state index >= 15 is 0 Å². The van der Waals surface area contributed by atoms with E-state index in [4.69, 9.17) is 9.47 Å². The topological polar surface area (TPSA) is 124 Å². The molecule has 11 heteroatoms. The maximum atomic E-state index is 13.4. The minimum atomic E-state index is -3.91. The Morgan fingerprint density at radius 1 is 0.953 bits per heavy atom. The molecule has 0 radical (unpaired) electrons. The Balaban J connectivity index is 1.60. The standard InChI is InChI=1S/C32H35N3O6S2/c1-21(2)41-31(37)34-25-14-12-24(13-15-25)30-33-19-27(42-30)26-17-23(11-16-28(26)43(38,39)35-32(3,4)5)18-29(36)40-20-22-9-7-6-8-10-22/h6-17,19,21,35H,18,20H2,1-5H3,(H,34,37). The molecule has 3 aromatic carbocycles. The van der Waals surface area contributed by atoms with Crippen LogP contribution in [0.5, 0.6) is 0 Å². The predicted molar refractivity (Wildman–Crippen MR) is 168 cm³/mol. The van der Waals surface area contributed by atoms with Crippen LogP contribution in [0.2, 0.25) is 0 Å². The van der Waals surface area contributed by atoms with Crippen molar-refractivity contribution >= 4 is 39.1 Å². The molecule has 0 spiro atoms. The van der Waals surface area contributed by atoms with Crippen molar-refractivity contribution in [3.8, 4) is 21.0 Å². The summed E-state index contributed by atoms with van der Waals surface area (Å²) in [5, 5.41) is 3.33. The van der Waals surface area contributed by atoms with E-state index < -0.39 is 27.6 Å².